The molecule has 0 aliphatic rings. The van der Waals surface area contributed by atoms with Crippen LogP contribution in [0, 0.1) is 4.91 Å². The van der Waals surface area contributed by atoms with E-state index in [1.54, 1.807) is 45.0 Å². The molecule has 20 heavy (non-hydrogen) atoms. The molecule has 0 aliphatic carbocycles. The summed E-state index contributed by atoms with van der Waals surface area (Å²) in [4.78, 5) is 10.4. The predicted octanol–water partition coefficient (Wildman–Crippen LogP) is 4.12. The van der Waals surface area contributed by atoms with E-state index in [1.165, 1.54) is 0 Å². The van der Waals surface area contributed by atoms with E-state index >= 15 is 0 Å². The second kappa shape index (κ2) is 8.15. The number of hydrogen-bond donors (Lipinski definition) is 0. The van der Waals surface area contributed by atoms with Crippen molar-refractivity contribution in [1.82, 2.24) is 0 Å². The van der Waals surface area contributed by atoms with Crippen molar-refractivity contribution in [1.29, 1.82) is 0 Å². The number of nitrogens with zero attached hydrogens (tertiary/aromatic N) is 1. The fourth-order valence-corrected chi connectivity index (χ4v) is 2.88. The van der Waals surface area contributed by atoms with Gasteiger partial charge in [-0.3, -0.25) is 4.57 Å². The van der Waals surface area contributed by atoms with Crippen LogP contribution in [0.4, 0.5) is 0 Å². The molecule has 0 bridgehead atoms. The molecule has 0 saturated carbocycles. The lowest BCUT2D eigenvalue weighted by Gasteiger charge is -2.17. The third-order valence-corrected chi connectivity index (χ3v) is 4.31. The molecule has 0 saturated heterocycles. The fraction of sp³-hybridized carbons (Fsp3) is 0.538. The Kier molecular flexibility index (Phi) is 6.85. The lowest BCUT2D eigenvalue weighted by molar-refractivity contribution is 0.197. The van der Waals surface area contributed by atoms with Crippen LogP contribution >= 0.6 is 7.60 Å². The van der Waals surface area contributed by atoms with Gasteiger partial charge in [-0.2, -0.15) is 4.91 Å². The molecule has 0 aliphatic heterocycles. The first kappa shape index (κ1) is 16.8. The first-order valence-electron chi connectivity index (χ1n) is 6.48. The van der Waals surface area contributed by atoms with E-state index in [4.69, 9.17) is 13.8 Å². The molecule has 112 valence electrons. The molecular formula is C13H20NO5P. The van der Waals surface area contributed by atoms with Crippen LogP contribution in [-0.4, -0.2) is 19.6 Å². The van der Waals surface area contributed by atoms with Gasteiger partial charge in [0, 0.05) is 0 Å². The first-order chi connectivity index (χ1) is 9.54. The molecule has 6 nitrogen and oxygen atoms in total. The highest BCUT2D eigenvalue weighted by Gasteiger charge is 2.24. The summed E-state index contributed by atoms with van der Waals surface area (Å²) >= 11 is 0. The molecule has 1 rings (SSSR count). The molecule has 7 heteroatoms. The second-order valence-electron chi connectivity index (χ2n) is 4.07. The van der Waals surface area contributed by atoms with Gasteiger partial charge in [0.2, 0.25) is 0 Å². The number of hydrogen-bond acceptors (Lipinski definition) is 6. The van der Waals surface area contributed by atoms with Gasteiger partial charge in [-0.25, -0.2) is 0 Å². The molecule has 0 radical (unpaired) electrons. The zero-order valence-electron chi connectivity index (χ0n) is 11.9. The van der Waals surface area contributed by atoms with Crippen molar-refractivity contribution < 1.29 is 18.3 Å². The molecule has 1 aromatic carbocycles. The SMILES string of the molecule is CCOP(=O)(COc1ccc(C(C)N=O)cc1)OCC. The predicted molar refractivity (Wildman–Crippen MR) is 77.0 cm³/mol. The molecule has 0 N–H and O–H groups in total. The van der Waals surface area contributed by atoms with Gasteiger partial charge in [0.25, 0.3) is 0 Å². The van der Waals surface area contributed by atoms with Crippen LogP contribution in [0.25, 0.3) is 0 Å². The third-order valence-electron chi connectivity index (χ3n) is 2.56. The van der Waals surface area contributed by atoms with Gasteiger partial charge in [-0.1, -0.05) is 17.3 Å². The van der Waals surface area contributed by atoms with Crippen molar-refractivity contribution in [2.24, 2.45) is 5.18 Å². The van der Waals surface area contributed by atoms with Gasteiger partial charge in [-0.05, 0) is 38.5 Å². The van der Waals surface area contributed by atoms with Crippen LogP contribution in [0.15, 0.2) is 29.4 Å². The number of benzene rings is 1. The standard InChI is InChI=1S/C13H20NO5P/c1-4-18-20(16,19-5-2)10-17-13-8-6-12(7-9-13)11(3)14-15/h6-9,11H,4-5,10H2,1-3H3. The van der Waals surface area contributed by atoms with Crippen molar-refractivity contribution in [2.45, 2.75) is 26.8 Å². The Balaban J connectivity index is 2.64. The third kappa shape index (κ3) is 5.04. The maximum Gasteiger partial charge on any atom is 0.367 e. The van der Waals surface area contributed by atoms with Gasteiger partial charge >= 0.3 is 7.60 Å². The van der Waals surface area contributed by atoms with Crippen LogP contribution in [0.3, 0.4) is 0 Å². The maximum absolute atomic E-state index is 12.2. The quantitative estimate of drug-likeness (QED) is 0.506. The fourth-order valence-electron chi connectivity index (χ4n) is 1.56. The van der Waals surface area contributed by atoms with Crippen molar-refractivity contribution in [3.63, 3.8) is 0 Å². The highest BCUT2D eigenvalue weighted by molar-refractivity contribution is 7.53. The van der Waals surface area contributed by atoms with E-state index in [0.29, 0.717) is 19.0 Å². The summed E-state index contributed by atoms with van der Waals surface area (Å²) in [7, 11) is -3.21. The Morgan fingerprint density at radius 3 is 2.15 bits per heavy atom. The van der Waals surface area contributed by atoms with Crippen LogP contribution < -0.4 is 4.74 Å². The minimum Gasteiger partial charge on any atom is -0.481 e. The van der Waals surface area contributed by atoms with E-state index in [2.05, 4.69) is 5.18 Å². The molecule has 1 unspecified atom stereocenters. The van der Waals surface area contributed by atoms with Crippen molar-refractivity contribution in [3.8, 4) is 5.75 Å². The van der Waals surface area contributed by atoms with Crippen molar-refractivity contribution in [2.75, 3.05) is 19.6 Å². The van der Waals surface area contributed by atoms with Gasteiger partial charge in [-0.15, -0.1) is 0 Å². The van der Waals surface area contributed by atoms with E-state index in [1.807, 2.05) is 0 Å². The highest BCUT2D eigenvalue weighted by atomic mass is 31.2. The summed E-state index contributed by atoms with van der Waals surface area (Å²) in [5.74, 6) is 0.534. The Morgan fingerprint density at radius 2 is 1.70 bits per heavy atom. The van der Waals surface area contributed by atoms with Gasteiger partial charge < -0.3 is 13.8 Å². The summed E-state index contributed by atoms with van der Waals surface area (Å²) < 4.78 is 27.9. The summed E-state index contributed by atoms with van der Waals surface area (Å²) in [5.41, 5.74) is 0.796. The summed E-state index contributed by atoms with van der Waals surface area (Å²) in [6, 6.07) is 6.47. The van der Waals surface area contributed by atoms with E-state index < -0.39 is 13.6 Å². The topological polar surface area (TPSA) is 74.2 Å². The van der Waals surface area contributed by atoms with Crippen molar-refractivity contribution >= 4 is 7.60 Å². The van der Waals surface area contributed by atoms with Crippen LogP contribution in [-0.2, 0) is 13.6 Å². The summed E-state index contributed by atoms with van der Waals surface area (Å²) in [6.45, 7) is 5.79. The van der Waals surface area contributed by atoms with Gasteiger partial charge in [0.15, 0.2) is 6.35 Å². The number of nitroso groups, excluding NO2 is 1. The van der Waals surface area contributed by atoms with E-state index in [-0.39, 0.29) is 6.35 Å². The molecule has 0 aromatic heterocycles. The summed E-state index contributed by atoms with van der Waals surface area (Å²) in [6.07, 6.45) is -0.143. The molecule has 1 atom stereocenters. The smallest absolute Gasteiger partial charge is 0.367 e. The van der Waals surface area contributed by atoms with Crippen LogP contribution in [0.5, 0.6) is 5.75 Å². The Labute approximate surface area is 118 Å². The number of ether oxygens (including phenoxy) is 1. The van der Waals surface area contributed by atoms with Gasteiger partial charge in [0.1, 0.15) is 11.8 Å². The lowest BCUT2D eigenvalue weighted by atomic mass is 10.1. The zero-order chi connectivity index (χ0) is 15.0. The zero-order valence-corrected chi connectivity index (χ0v) is 12.8. The molecule has 0 fully saturated rings. The Hall–Kier alpha value is -1.23. The van der Waals surface area contributed by atoms with E-state index in [0.717, 1.165) is 5.56 Å². The number of rotatable bonds is 9. The highest BCUT2D eigenvalue weighted by Crippen LogP contribution is 2.47. The Morgan fingerprint density at radius 1 is 1.15 bits per heavy atom. The molecule has 0 heterocycles. The minimum atomic E-state index is -3.21. The first-order valence-corrected chi connectivity index (χ1v) is 8.20. The van der Waals surface area contributed by atoms with Crippen LogP contribution in [0.2, 0.25) is 0 Å². The minimum absolute atomic E-state index is 0.143. The maximum atomic E-state index is 12.2. The monoisotopic (exact) mass is 301 g/mol. The normalized spacial score (nSPS) is 12.9. The molecule has 1 aromatic rings. The van der Waals surface area contributed by atoms with Gasteiger partial charge in [0.05, 0.1) is 13.2 Å². The largest absolute Gasteiger partial charge is 0.481 e. The molecule has 0 amide bonds. The second-order valence-corrected chi connectivity index (χ2v) is 6.07. The van der Waals surface area contributed by atoms with E-state index in [9.17, 15) is 9.47 Å². The molecule has 0 spiro atoms. The van der Waals surface area contributed by atoms with Crippen molar-refractivity contribution in [3.05, 3.63) is 34.7 Å². The average Bonchev–Trinajstić information content (AvgIpc) is 2.45. The lowest BCUT2D eigenvalue weighted by Crippen LogP contribution is -2.05. The van der Waals surface area contributed by atoms with Crippen LogP contribution in [0.1, 0.15) is 32.4 Å². The average molecular weight is 301 g/mol. The Bertz CT molecular complexity index is 452. The molecular weight excluding hydrogens is 281 g/mol. The summed E-state index contributed by atoms with van der Waals surface area (Å²) in [5, 5.41) is 2.95.